The summed E-state index contributed by atoms with van der Waals surface area (Å²) in [7, 11) is -2.33. The van der Waals surface area contributed by atoms with Crippen molar-refractivity contribution >= 4 is 46.4 Å². The Bertz CT molecular complexity index is 931. The first-order chi connectivity index (χ1) is 13.7. The number of hydrogen-bond donors (Lipinski definition) is 0. The van der Waals surface area contributed by atoms with Crippen molar-refractivity contribution in [3.63, 3.8) is 0 Å². The van der Waals surface area contributed by atoms with E-state index in [4.69, 9.17) is 23.2 Å². The Kier molecular flexibility index (Phi) is 5.83. The second kappa shape index (κ2) is 8.50. The zero-order chi connectivity index (χ0) is 19.4. The van der Waals surface area contributed by atoms with Gasteiger partial charge in [-0.3, -0.25) is 0 Å². The molecular weight excluding hydrogens is 402 g/mol. The Morgan fingerprint density at radius 2 is 0.857 bits per heavy atom. The molecular formula is C25H21Cl2P. The Balaban J connectivity index is 2.01. The van der Waals surface area contributed by atoms with Crippen LogP contribution in [-0.4, -0.2) is 0 Å². The summed E-state index contributed by atoms with van der Waals surface area (Å²) in [5, 5.41) is 5.50. The molecule has 4 rings (SSSR count). The molecule has 0 saturated heterocycles. The van der Waals surface area contributed by atoms with Crippen molar-refractivity contribution in [2.75, 3.05) is 0 Å². The molecule has 0 aromatic heterocycles. The fraction of sp³-hybridized carbons (Fsp3) is 0.0400. The van der Waals surface area contributed by atoms with Gasteiger partial charge in [-0.05, 0) is 0 Å². The normalized spacial score (nSPS) is 11.9. The van der Waals surface area contributed by atoms with Crippen LogP contribution in [0.1, 0.15) is 5.56 Å². The second-order valence-corrected chi connectivity index (χ2v) is 11.7. The van der Waals surface area contributed by atoms with E-state index in [-0.39, 0.29) is 0 Å². The van der Waals surface area contributed by atoms with Gasteiger partial charge in [0.1, 0.15) is 0 Å². The molecule has 0 N–H and O–H groups in total. The van der Waals surface area contributed by atoms with Gasteiger partial charge in [0.2, 0.25) is 0 Å². The summed E-state index contributed by atoms with van der Waals surface area (Å²) in [4.78, 5) is 0. The predicted octanol–water partition coefficient (Wildman–Crippen LogP) is 6.22. The summed E-state index contributed by atoms with van der Waals surface area (Å²) in [5.41, 5.74) is 1.17. The van der Waals surface area contributed by atoms with Crippen LogP contribution in [0.3, 0.4) is 0 Å². The van der Waals surface area contributed by atoms with E-state index in [1.807, 2.05) is 12.1 Å². The Morgan fingerprint density at radius 3 is 1.21 bits per heavy atom. The minimum absolute atomic E-state index is 0.680. The van der Waals surface area contributed by atoms with E-state index < -0.39 is 7.26 Å². The van der Waals surface area contributed by atoms with Crippen LogP contribution in [0, 0.1) is 0 Å². The SMILES string of the molecule is Clc1cc(Cl)cc(C[PH](c2ccccc2)(c2ccccc2)c2ccccc2)c1. The van der Waals surface area contributed by atoms with Crippen LogP contribution in [0.2, 0.25) is 10.0 Å². The minimum atomic E-state index is -2.33. The Morgan fingerprint density at radius 1 is 0.500 bits per heavy atom. The van der Waals surface area contributed by atoms with E-state index in [0.717, 1.165) is 6.16 Å². The van der Waals surface area contributed by atoms with Crippen molar-refractivity contribution in [3.05, 3.63) is 125 Å². The molecule has 28 heavy (non-hydrogen) atoms. The van der Waals surface area contributed by atoms with E-state index in [1.54, 1.807) is 6.07 Å². The average molecular weight is 423 g/mol. The average Bonchev–Trinajstić information content (AvgIpc) is 2.73. The van der Waals surface area contributed by atoms with E-state index in [9.17, 15) is 0 Å². The number of rotatable bonds is 5. The first-order valence-electron chi connectivity index (χ1n) is 9.30. The van der Waals surface area contributed by atoms with Gasteiger partial charge in [0.05, 0.1) is 0 Å². The fourth-order valence-electron chi connectivity index (χ4n) is 3.99. The summed E-state index contributed by atoms with van der Waals surface area (Å²) < 4.78 is 0. The quantitative estimate of drug-likeness (QED) is 0.335. The molecule has 0 aliphatic rings. The molecule has 0 aliphatic heterocycles. The van der Waals surface area contributed by atoms with Crippen molar-refractivity contribution in [2.45, 2.75) is 6.16 Å². The van der Waals surface area contributed by atoms with Gasteiger partial charge >= 0.3 is 177 Å². The maximum atomic E-state index is 6.35. The molecule has 0 saturated carbocycles. The van der Waals surface area contributed by atoms with Gasteiger partial charge in [-0.15, -0.1) is 0 Å². The van der Waals surface area contributed by atoms with Gasteiger partial charge in [-0.1, -0.05) is 0 Å². The third-order valence-corrected chi connectivity index (χ3v) is 10.5. The molecule has 0 radical (unpaired) electrons. The molecule has 140 valence electrons. The van der Waals surface area contributed by atoms with Crippen molar-refractivity contribution in [2.24, 2.45) is 0 Å². The van der Waals surface area contributed by atoms with Crippen molar-refractivity contribution in [1.29, 1.82) is 0 Å². The maximum absolute atomic E-state index is 6.35. The second-order valence-electron chi connectivity index (χ2n) is 6.96. The van der Waals surface area contributed by atoms with Gasteiger partial charge in [0.15, 0.2) is 0 Å². The van der Waals surface area contributed by atoms with Crippen molar-refractivity contribution in [1.82, 2.24) is 0 Å². The molecule has 0 amide bonds. The first-order valence-corrected chi connectivity index (χ1v) is 12.3. The van der Waals surface area contributed by atoms with E-state index in [2.05, 4.69) is 91.0 Å². The van der Waals surface area contributed by atoms with Gasteiger partial charge in [0, 0.05) is 0 Å². The summed E-state index contributed by atoms with van der Waals surface area (Å²) in [6.45, 7) is 0. The molecule has 0 bridgehead atoms. The number of benzene rings is 4. The van der Waals surface area contributed by atoms with Crippen molar-refractivity contribution < 1.29 is 0 Å². The van der Waals surface area contributed by atoms with Crippen LogP contribution in [0.4, 0.5) is 0 Å². The van der Waals surface area contributed by atoms with E-state index >= 15 is 0 Å². The zero-order valence-electron chi connectivity index (χ0n) is 15.4. The fourth-order valence-corrected chi connectivity index (χ4v) is 9.28. The molecule has 0 heterocycles. The molecule has 4 aromatic rings. The summed E-state index contributed by atoms with van der Waals surface area (Å²) in [6, 6.07) is 38.5. The number of hydrogen-bond acceptors (Lipinski definition) is 0. The van der Waals surface area contributed by atoms with Gasteiger partial charge in [-0.25, -0.2) is 0 Å². The van der Waals surface area contributed by atoms with Gasteiger partial charge in [0.25, 0.3) is 0 Å². The van der Waals surface area contributed by atoms with Crippen LogP contribution >= 0.6 is 30.5 Å². The Labute approximate surface area is 177 Å². The molecule has 0 atom stereocenters. The molecule has 0 unspecified atom stereocenters. The third-order valence-electron chi connectivity index (χ3n) is 5.19. The molecule has 0 aliphatic carbocycles. The molecule has 0 spiro atoms. The van der Waals surface area contributed by atoms with Crippen LogP contribution < -0.4 is 15.9 Å². The summed E-state index contributed by atoms with van der Waals surface area (Å²) in [6.07, 6.45) is 0.894. The van der Waals surface area contributed by atoms with Crippen molar-refractivity contribution in [3.8, 4) is 0 Å². The van der Waals surface area contributed by atoms with Crippen LogP contribution in [0.15, 0.2) is 109 Å². The van der Waals surface area contributed by atoms with Crippen LogP contribution in [0.25, 0.3) is 0 Å². The van der Waals surface area contributed by atoms with E-state index in [0.29, 0.717) is 10.0 Å². The first kappa shape index (κ1) is 19.2. The summed E-state index contributed by atoms with van der Waals surface area (Å²) >= 11 is 12.7. The third kappa shape index (κ3) is 3.87. The van der Waals surface area contributed by atoms with Crippen LogP contribution in [0.5, 0.6) is 0 Å². The Hall–Kier alpha value is -2.11. The number of halogens is 2. The molecule has 0 nitrogen and oxygen atoms in total. The van der Waals surface area contributed by atoms with E-state index in [1.165, 1.54) is 21.5 Å². The molecule has 3 heteroatoms. The molecule has 4 aromatic carbocycles. The standard InChI is InChI=1S/C25H21Cl2P/c26-21-16-20(17-22(27)18-21)19-28(23-10-4-1-5-11-23,24-12-6-2-7-13-24)25-14-8-3-9-15-25/h1-18,28H,19H2. The van der Waals surface area contributed by atoms with Gasteiger partial charge < -0.3 is 0 Å². The monoisotopic (exact) mass is 422 g/mol. The zero-order valence-corrected chi connectivity index (χ0v) is 17.9. The topological polar surface area (TPSA) is 0 Å². The van der Waals surface area contributed by atoms with Crippen LogP contribution in [-0.2, 0) is 6.16 Å². The summed E-state index contributed by atoms with van der Waals surface area (Å²) in [5.74, 6) is 0. The molecule has 0 fully saturated rings. The predicted molar refractivity (Wildman–Crippen MR) is 127 cm³/mol. The van der Waals surface area contributed by atoms with Gasteiger partial charge in [-0.2, -0.15) is 0 Å².